The number of rotatable bonds is 1. The number of piperazine rings is 1. The Morgan fingerprint density at radius 3 is 3.00 bits per heavy atom. The minimum atomic E-state index is 0.0924. The third-order valence-electron chi connectivity index (χ3n) is 3.83. The number of halogens is 1. The molecule has 6 heteroatoms. The molecule has 3 rings (SSSR count). The molecule has 104 valence electrons. The van der Waals surface area contributed by atoms with E-state index in [1.165, 1.54) is 11.3 Å². The van der Waals surface area contributed by atoms with Crippen molar-refractivity contribution in [2.75, 3.05) is 32.8 Å². The SMILES string of the molecule is C[C@H]1COC[C@H]2CN(C(=O)c3ccc(Cl)s3)CCN21. The molecule has 2 aliphatic heterocycles. The Kier molecular flexibility index (Phi) is 3.80. The zero-order valence-corrected chi connectivity index (χ0v) is 12.4. The minimum absolute atomic E-state index is 0.0924. The van der Waals surface area contributed by atoms with E-state index in [0.29, 0.717) is 16.4 Å². The number of carbonyl (C=O) groups is 1. The number of morpholine rings is 1. The number of amides is 1. The minimum Gasteiger partial charge on any atom is -0.378 e. The molecule has 2 saturated heterocycles. The number of ether oxygens (including phenoxy) is 1. The van der Waals surface area contributed by atoms with Gasteiger partial charge >= 0.3 is 0 Å². The lowest BCUT2D eigenvalue weighted by Gasteiger charge is -2.46. The third kappa shape index (κ3) is 2.65. The summed E-state index contributed by atoms with van der Waals surface area (Å²) in [5, 5.41) is 0. The first-order valence-electron chi connectivity index (χ1n) is 6.53. The van der Waals surface area contributed by atoms with E-state index in [9.17, 15) is 4.79 Å². The zero-order chi connectivity index (χ0) is 13.4. The zero-order valence-electron chi connectivity index (χ0n) is 10.8. The van der Waals surface area contributed by atoms with Gasteiger partial charge in [0.15, 0.2) is 0 Å². The molecule has 4 nitrogen and oxygen atoms in total. The van der Waals surface area contributed by atoms with Gasteiger partial charge in [-0.1, -0.05) is 11.6 Å². The molecule has 0 aromatic carbocycles. The summed E-state index contributed by atoms with van der Waals surface area (Å²) in [6.07, 6.45) is 0. The van der Waals surface area contributed by atoms with Crippen LogP contribution in [-0.2, 0) is 4.74 Å². The van der Waals surface area contributed by atoms with Crippen molar-refractivity contribution in [1.29, 1.82) is 0 Å². The fraction of sp³-hybridized carbons (Fsp3) is 0.615. The Bertz CT molecular complexity index is 479. The Morgan fingerprint density at radius 2 is 2.26 bits per heavy atom. The monoisotopic (exact) mass is 300 g/mol. The topological polar surface area (TPSA) is 32.8 Å². The van der Waals surface area contributed by atoms with Crippen molar-refractivity contribution in [3.63, 3.8) is 0 Å². The largest absolute Gasteiger partial charge is 0.378 e. The molecule has 0 aliphatic carbocycles. The van der Waals surface area contributed by atoms with E-state index >= 15 is 0 Å². The summed E-state index contributed by atoms with van der Waals surface area (Å²) in [4.78, 5) is 17.5. The molecular formula is C13H17ClN2O2S. The molecule has 1 amide bonds. The van der Waals surface area contributed by atoms with Crippen molar-refractivity contribution in [2.45, 2.75) is 19.0 Å². The van der Waals surface area contributed by atoms with Gasteiger partial charge in [0.05, 0.1) is 28.5 Å². The Hall–Kier alpha value is -0.620. The second-order valence-electron chi connectivity index (χ2n) is 5.13. The van der Waals surface area contributed by atoms with Crippen LogP contribution in [0.1, 0.15) is 16.6 Å². The van der Waals surface area contributed by atoms with Crippen molar-refractivity contribution >= 4 is 28.8 Å². The summed E-state index contributed by atoms with van der Waals surface area (Å²) < 4.78 is 6.25. The maximum atomic E-state index is 12.4. The van der Waals surface area contributed by atoms with Gasteiger partial charge in [-0.25, -0.2) is 0 Å². The summed E-state index contributed by atoms with van der Waals surface area (Å²) in [6, 6.07) is 4.37. The fourth-order valence-electron chi connectivity index (χ4n) is 2.84. The molecule has 3 heterocycles. The van der Waals surface area contributed by atoms with Crippen LogP contribution in [0.5, 0.6) is 0 Å². The van der Waals surface area contributed by atoms with Crippen molar-refractivity contribution in [3.05, 3.63) is 21.3 Å². The first-order chi connectivity index (χ1) is 9.15. The maximum Gasteiger partial charge on any atom is 0.264 e. The van der Waals surface area contributed by atoms with Gasteiger partial charge < -0.3 is 9.64 Å². The van der Waals surface area contributed by atoms with E-state index in [1.54, 1.807) is 6.07 Å². The van der Waals surface area contributed by atoms with Crippen molar-refractivity contribution in [3.8, 4) is 0 Å². The predicted molar refractivity (Wildman–Crippen MR) is 76.0 cm³/mol. The van der Waals surface area contributed by atoms with E-state index in [1.807, 2.05) is 11.0 Å². The van der Waals surface area contributed by atoms with Gasteiger partial charge in [-0.3, -0.25) is 9.69 Å². The smallest absolute Gasteiger partial charge is 0.264 e. The van der Waals surface area contributed by atoms with Crippen LogP contribution < -0.4 is 0 Å². The summed E-state index contributed by atoms with van der Waals surface area (Å²) >= 11 is 7.24. The van der Waals surface area contributed by atoms with E-state index in [2.05, 4.69) is 11.8 Å². The van der Waals surface area contributed by atoms with Crippen LogP contribution in [0.4, 0.5) is 0 Å². The van der Waals surface area contributed by atoms with Gasteiger partial charge in [-0.05, 0) is 19.1 Å². The number of hydrogen-bond acceptors (Lipinski definition) is 4. The van der Waals surface area contributed by atoms with Crippen LogP contribution in [0.2, 0.25) is 4.34 Å². The standard InChI is InChI=1S/C13H17ClN2O2S/c1-9-7-18-8-10-6-15(4-5-16(9)10)13(17)11-2-3-12(14)19-11/h2-3,9-10H,4-8H2,1H3/t9-,10+/m0/s1. The summed E-state index contributed by atoms with van der Waals surface area (Å²) in [7, 11) is 0. The van der Waals surface area contributed by atoms with Gasteiger partial charge in [0.1, 0.15) is 0 Å². The molecule has 0 unspecified atom stereocenters. The lowest BCUT2D eigenvalue weighted by Crippen LogP contribution is -2.61. The van der Waals surface area contributed by atoms with E-state index in [0.717, 1.165) is 37.7 Å². The highest BCUT2D eigenvalue weighted by molar-refractivity contribution is 7.17. The van der Waals surface area contributed by atoms with Gasteiger partial charge in [-0.15, -0.1) is 11.3 Å². The molecule has 0 bridgehead atoms. The molecule has 0 saturated carbocycles. The van der Waals surface area contributed by atoms with Crippen LogP contribution in [0.25, 0.3) is 0 Å². The predicted octanol–water partition coefficient (Wildman–Crippen LogP) is 1.95. The fourth-order valence-corrected chi connectivity index (χ4v) is 3.85. The van der Waals surface area contributed by atoms with Gasteiger partial charge in [0.2, 0.25) is 0 Å². The Labute approximate surface area is 121 Å². The molecule has 1 aromatic heterocycles. The van der Waals surface area contributed by atoms with Crippen molar-refractivity contribution < 1.29 is 9.53 Å². The molecule has 0 N–H and O–H groups in total. The average molecular weight is 301 g/mol. The van der Waals surface area contributed by atoms with Gasteiger partial charge in [0, 0.05) is 25.7 Å². The first-order valence-corrected chi connectivity index (χ1v) is 7.72. The van der Waals surface area contributed by atoms with Gasteiger partial charge in [-0.2, -0.15) is 0 Å². The Balaban J connectivity index is 1.69. The van der Waals surface area contributed by atoms with Crippen LogP contribution in [0.15, 0.2) is 12.1 Å². The first kappa shape index (κ1) is 13.4. The Morgan fingerprint density at radius 1 is 1.42 bits per heavy atom. The quantitative estimate of drug-likeness (QED) is 0.795. The van der Waals surface area contributed by atoms with Crippen molar-refractivity contribution in [1.82, 2.24) is 9.80 Å². The lowest BCUT2D eigenvalue weighted by atomic mass is 10.1. The highest BCUT2D eigenvalue weighted by Gasteiger charge is 2.35. The van der Waals surface area contributed by atoms with Crippen LogP contribution in [-0.4, -0.2) is 60.6 Å². The molecule has 0 radical (unpaired) electrons. The number of nitrogens with zero attached hydrogens (tertiary/aromatic N) is 2. The van der Waals surface area contributed by atoms with Crippen LogP contribution in [0.3, 0.4) is 0 Å². The van der Waals surface area contributed by atoms with Crippen LogP contribution in [0, 0.1) is 0 Å². The third-order valence-corrected chi connectivity index (χ3v) is 5.05. The maximum absolute atomic E-state index is 12.4. The number of thiophene rings is 1. The number of carbonyl (C=O) groups excluding carboxylic acids is 1. The normalized spacial score (nSPS) is 28.2. The second kappa shape index (κ2) is 5.40. The second-order valence-corrected chi connectivity index (χ2v) is 6.85. The average Bonchev–Trinajstić information content (AvgIpc) is 2.84. The van der Waals surface area contributed by atoms with Crippen molar-refractivity contribution in [2.24, 2.45) is 0 Å². The summed E-state index contributed by atoms with van der Waals surface area (Å²) in [6.45, 7) is 6.17. The molecule has 2 atom stereocenters. The molecule has 1 aromatic rings. The molecule has 19 heavy (non-hydrogen) atoms. The highest BCUT2D eigenvalue weighted by atomic mass is 35.5. The molecular weight excluding hydrogens is 284 g/mol. The summed E-state index contributed by atoms with van der Waals surface area (Å²) in [5.41, 5.74) is 0. The molecule has 0 spiro atoms. The lowest BCUT2D eigenvalue weighted by molar-refractivity contribution is -0.0699. The van der Waals surface area contributed by atoms with E-state index in [4.69, 9.17) is 16.3 Å². The van der Waals surface area contributed by atoms with Gasteiger partial charge in [0.25, 0.3) is 5.91 Å². The van der Waals surface area contributed by atoms with E-state index < -0.39 is 0 Å². The number of hydrogen-bond donors (Lipinski definition) is 0. The molecule has 2 fully saturated rings. The highest BCUT2D eigenvalue weighted by Crippen LogP contribution is 2.25. The van der Waals surface area contributed by atoms with Crippen LogP contribution >= 0.6 is 22.9 Å². The van der Waals surface area contributed by atoms with E-state index in [-0.39, 0.29) is 5.91 Å². The summed E-state index contributed by atoms with van der Waals surface area (Å²) in [5.74, 6) is 0.0924. The molecule has 2 aliphatic rings. The number of fused-ring (bicyclic) bond motifs is 1.